The van der Waals surface area contributed by atoms with Crippen LogP contribution in [0.4, 0.5) is 0 Å². The Kier molecular flexibility index (Phi) is 2.48. The van der Waals surface area contributed by atoms with Crippen molar-refractivity contribution in [1.29, 1.82) is 0 Å². The highest BCUT2D eigenvalue weighted by Crippen LogP contribution is 2.67. The zero-order valence-corrected chi connectivity index (χ0v) is 13.7. The van der Waals surface area contributed by atoms with Crippen molar-refractivity contribution in [2.24, 2.45) is 0 Å². The fourth-order valence-electron chi connectivity index (χ4n) is 4.87. The number of benzene rings is 2. The average Bonchev–Trinajstić information content (AvgIpc) is 3.15. The molecule has 0 saturated heterocycles. The molecule has 0 aromatic heterocycles. The van der Waals surface area contributed by atoms with E-state index in [0.717, 1.165) is 16.5 Å². The lowest BCUT2D eigenvalue weighted by molar-refractivity contribution is 0.0941. The minimum absolute atomic E-state index is 0.0867. The van der Waals surface area contributed by atoms with Crippen molar-refractivity contribution in [2.75, 3.05) is 0 Å². The Morgan fingerprint density at radius 2 is 2.05 bits per heavy atom. The van der Waals surface area contributed by atoms with Gasteiger partial charge >= 0.3 is 0 Å². The molecule has 1 heterocycles. The average molecular weight is 354 g/mol. The molecule has 5 rings (SSSR count). The molecule has 2 aromatic carbocycles. The van der Waals surface area contributed by atoms with Crippen molar-refractivity contribution in [3.63, 3.8) is 0 Å². The van der Waals surface area contributed by atoms with Crippen LogP contribution in [0.3, 0.4) is 0 Å². The quantitative estimate of drug-likeness (QED) is 0.763. The lowest BCUT2D eigenvalue weighted by Gasteiger charge is -2.27. The highest BCUT2D eigenvalue weighted by atomic mass is 79.9. The first-order valence-corrected chi connectivity index (χ1v) is 8.70. The number of halogens is 1. The van der Waals surface area contributed by atoms with Gasteiger partial charge in [-0.3, -0.25) is 4.79 Å². The Morgan fingerprint density at radius 3 is 2.95 bits per heavy atom. The Morgan fingerprint density at radius 1 is 1.18 bits per heavy atom. The lowest BCUT2D eigenvalue weighted by atomic mass is 9.77. The second kappa shape index (κ2) is 4.23. The van der Waals surface area contributed by atoms with Crippen LogP contribution in [0.25, 0.3) is 0 Å². The first kappa shape index (κ1) is 12.9. The molecule has 110 valence electrons. The molecule has 2 nitrogen and oxygen atoms in total. The zero-order valence-electron chi connectivity index (χ0n) is 12.1. The summed E-state index contributed by atoms with van der Waals surface area (Å²) in [6.07, 6.45) is 3.55. The molecule has 1 saturated carbocycles. The molecule has 3 atom stereocenters. The molecule has 1 aliphatic heterocycles. The summed E-state index contributed by atoms with van der Waals surface area (Å²) >= 11 is 3.57. The number of hydrogen-bond donors (Lipinski definition) is 1. The Hall–Kier alpha value is -1.61. The van der Waals surface area contributed by atoms with Gasteiger partial charge in [0.05, 0.1) is 0 Å². The van der Waals surface area contributed by atoms with Crippen molar-refractivity contribution in [1.82, 2.24) is 5.32 Å². The summed E-state index contributed by atoms with van der Waals surface area (Å²) in [6, 6.07) is 15.1. The molecule has 22 heavy (non-hydrogen) atoms. The van der Waals surface area contributed by atoms with E-state index in [1.54, 1.807) is 0 Å². The van der Waals surface area contributed by atoms with Gasteiger partial charge in [-0.2, -0.15) is 0 Å². The number of amides is 1. The molecule has 3 heteroatoms. The third kappa shape index (κ3) is 1.48. The molecule has 1 N–H and O–H groups in total. The maximum Gasteiger partial charge on any atom is 0.251 e. The number of carbonyl (C=O) groups is 1. The number of fused-ring (bicyclic) bond motifs is 7. The number of rotatable bonds is 0. The van der Waals surface area contributed by atoms with Crippen LogP contribution in [0.1, 0.15) is 45.8 Å². The highest BCUT2D eigenvalue weighted by molar-refractivity contribution is 9.10. The normalized spacial score (nSPS) is 31.0. The van der Waals surface area contributed by atoms with Crippen molar-refractivity contribution >= 4 is 21.8 Å². The van der Waals surface area contributed by atoms with Gasteiger partial charge in [0.2, 0.25) is 0 Å². The van der Waals surface area contributed by atoms with Crippen molar-refractivity contribution in [3.8, 4) is 0 Å². The van der Waals surface area contributed by atoms with E-state index in [4.69, 9.17) is 0 Å². The van der Waals surface area contributed by atoms with Gasteiger partial charge in [0.1, 0.15) is 0 Å². The number of nitrogens with one attached hydrogen (secondary N) is 1. The van der Waals surface area contributed by atoms with Gasteiger partial charge in [0, 0.05) is 27.4 Å². The second-order valence-electron chi connectivity index (χ2n) is 6.71. The monoisotopic (exact) mass is 353 g/mol. The summed E-state index contributed by atoms with van der Waals surface area (Å²) in [4.78, 5) is 12.4. The van der Waals surface area contributed by atoms with E-state index >= 15 is 0 Å². The molecular weight excluding hydrogens is 338 g/mol. The Bertz CT molecular complexity index is 815. The summed E-state index contributed by atoms with van der Waals surface area (Å²) in [7, 11) is 0. The third-order valence-corrected chi connectivity index (χ3v) is 6.26. The standard InChI is InChI=1S/C19H16BrNO/c20-12-7-8-13-14(10-12)16-17(21-18(13)22)19(16)9-3-5-11-4-1-2-6-15(11)19/h1-2,4,6-8,10,16-17H,3,5,9H2,(H,21,22)/t16-,17+,19-/m1/s1. The summed E-state index contributed by atoms with van der Waals surface area (Å²) < 4.78 is 1.06. The molecule has 2 aromatic rings. The number of hydrogen-bond acceptors (Lipinski definition) is 1. The highest BCUT2D eigenvalue weighted by Gasteiger charge is 2.69. The van der Waals surface area contributed by atoms with E-state index in [-0.39, 0.29) is 17.4 Å². The lowest BCUT2D eigenvalue weighted by Crippen LogP contribution is -2.34. The van der Waals surface area contributed by atoms with Gasteiger partial charge in [-0.05, 0) is 54.2 Å². The van der Waals surface area contributed by atoms with Crippen LogP contribution >= 0.6 is 15.9 Å². The van der Waals surface area contributed by atoms with E-state index in [1.807, 2.05) is 12.1 Å². The van der Waals surface area contributed by atoms with Crippen LogP contribution in [0.5, 0.6) is 0 Å². The summed E-state index contributed by atoms with van der Waals surface area (Å²) in [5.74, 6) is 0.517. The van der Waals surface area contributed by atoms with Crippen LogP contribution in [0, 0.1) is 0 Å². The molecule has 1 amide bonds. The minimum Gasteiger partial charge on any atom is -0.348 e. The van der Waals surface area contributed by atoms with Crippen LogP contribution in [0.15, 0.2) is 46.9 Å². The minimum atomic E-state index is 0.0867. The molecule has 3 aliphatic rings. The second-order valence-corrected chi connectivity index (χ2v) is 7.63. The van der Waals surface area contributed by atoms with E-state index in [0.29, 0.717) is 5.92 Å². The molecule has 0 radical (unpaired) electrons. The SMILES string of the molecule is O=C1N[C@H]2[C@@H](c3cc(Br)ccc31)[C@]21CCCc2ccccc21. The number of aryl methyl sites for hydroxylation is 1. The molecule has 0 unspecified atom stereocenters. The Labute approximate surface area is 138 Å². The van der Waals surface area contributed by atoms with Crippen LogP contribution in [-0.2, 0) is 11.8 Å². The van der Waals surface area contributed by atoms with Crippen LogP contribution in [0.2, 0.25) is 0 Å². The zero-order chi connectivity index (χ0) is 14.9. The van der Waals surface area contributed by atoms with Gasteiger partial charge in [-0.15, -0.1) is 0 Å². The van der Waals surface area contributed by atoms with E-state index < -0.39 is 0 Å². The topological polar surface area (TPSA) is 29.1 Å². The number of carbonyl (C=O) groups excluding carboxylic acids is 1. The maximum atomic E-state index is 12.4. The summed E-state index contributed by atoms with van der Waals surface area (Å²) in [5, 5.41) is 3.28. The predicted molar refractivity (Wildman–Crippen MR) is 89.2 cm³/mol. The van der Waals surface area contributed by atoms with Gasteiger partial charge in [-0.1, -0.05) is 40.2 Å². The van der Waals surface area contributed by atoms with E-state index in [9.17, 15) is 4.79 Å². The predicted octanol–water partition coefficient (Wildman–Crippen LogP) is 3.93. The fraction of sp³-hybridized carbons (Fsp3) is 0.316. The first-order chi connectivity index (χ1) is 10.7. The largest absolute Gasteiger partial charge is 0.348 e. The summed E-state index contributed by atoms with van der Waals surface area (Å²) in [5.41, 5.74) is 5.12. The molecule has 2 aliphatic carbocycles. The van der Waals surface area contributed by atoms with Crippen molar-refractivity contribution in [2.45, 2.75) is 36.6 Å². The smallest absolute Gasteiger partial charge is 0.251 e. The van der Waals surface area contributed by atoms with Gasteiger partial charge in [-0.25, -0.2) is 0 Å². The van der Waals surface area contributed by atoms with Crippen molar-refractivity contribution in [3.05, 3.63) is 69.2 Å². The van der Waals surface area contributed by atoms with Crippen LogP contribution < -0.4 is 5.32 Å². The van der Waals surface area contributed by atoms with E-state index in [1.165, 1.54) is 29.5 Å². The summed E-state index contributed by atoms with van der Waals surface area (Å²) in [6.45, 7) is 0. The first-order valence-electron chi connectivity index (χ1n) is 7.90. The van der Waals surface area contributed by atoms with Crippen molar-refractivity contribution < 1.29 is 4.79 Å². The fourth-order valence-corrected chi connectivity index (χ4v) is 5.25. The molecule has 0 bridgehead atoms. The Balaban J connectivity index is 1.71. The third-order valence-electron chi connectivity index (χ3n) is 5.77. The van der Waals surface area contributed by atoms with Gasteiger partial charge < -0.3 is 5.32 Å². The van der Waals surface area contributed by atoms with Crippen LogP contribution in [-0.4, -0.2) is 11.9 Å². The van der Waals surface area contributed by atoms with Gasteiger partial charge in [0.25, 0.3) is 5.91 Å². The van der Waals surface area contributed by atoms with Gasteiger partial charge in [0.15, 0.2) is 0 Å². The molecule has 1 fully saturated rings. The molecule has 1 spiro atoms. The van der Waals surface area contributed by atoms with E-state index in [2.05, 4.69) is 51.6 Å². The maximum absolute atomic E-state index is 12.4. The molecular formula is C19H16BrNO.